The van der Waals surface area contributed by atoms with Crippen LogP contribution in [-0.4, -0.2) is 31.7 Å². The van der Waals surface area contributed by atoms with E-state index in [1.807, 2.05) is 31.2 Å². The van der Waals surface area contributed by atoms with Crippen LogP contribution in [0.3, 0.4) is 0 Å². The Morgan fingerprint density at radius 2 is 1.85 bits per heavy atom. The fraction of sp³-hybridized carbons (Fsp3) is 0.381. The van der Waals surface area contributed by atoms with Crippen molar-refractivity contribution >= 4 is 21.6 Å². The van der Waals surface area contributed by atoms with Gasteiger partial charge in [-0.15, -0.1) is 0 Å². The average molecular weight is 387 g/mol. The average Bonchev–Trinajstić information content (AvgIpc) is 2.64. The summed E-state index contributed by atoms with van der Waals surface area (Å²) >= 11 is 0. The van der Waals surface area contributed by atoms with Crippen molar-refractivity contribution in [3.05, 3.63) is 59.7 Å². The molecule has 0 radical (unpaired) electrons. The van der Waals surface area contributed by atoms with Gasteiger partial charge in [0.05, 0.1) is 11.3 Å². The predicted molar refractivity (Wildman–Crippen MR) is 107 cm³/mol. The van der Waals surface area contributed by atoms with Gasteiger partial charge in [-0.25, -0.2) is 8.42 Å². The van der Waals surface area contributed by atoms with E-state index < -0.39 is 10.0 Å². The van der Waals surface area contributed by atoms with E-state index in [0.29, 0.717) is 31.1 Å². The molecule has 3 rings (SSSR count). The number of benzene rings is 2. The van der Waals surface area contributed by atoms with Gasteiger partial charge in [0, 0.05) is 18.8 Å². The van der Waals surface area contributed by atoms with E-state index in [1.54, 1.807) is 28.6 Å². The van der Waals surface area contributed by atoms with Crippen LogP contribution in [0.2, 0.25) is 0 Å². The van der Waals surface area contributed by atoms with Crippen molar-refractivity contribution in [3.8, 4) is 0 Å². The number of nitrogens with one attached hydrogen (secondary N) is 1. The van der Waals surface area contributed by atoms with E-state index in [0.717, 1.165) is 24.0 Å². The van der Waals surface area contributed by atoms with Crippen molar-refractivity contribution < 1.29 is 13.2 Å². The van der Waals surface area contributed by atoms with Crippen LogP contribution >= 0.6 is 0 Å². The molecule has 5 nitrogen and oxygen atoms in total. The first kappa shape index (κ1) is 19.6. The molecule has 0 aliphatic carbocycles. The van der Waals surface area contributed by atoms with Gasteiger partial charge in [-0.2, -0.15) is 4.31 Å². The van der Waals surface area contributed by atoms with Crippen LogP contribution in [0.25, 0.3) is 0 Å². The van der Waals surface area contributed by atoms with Crippen molar-refractivity contribution in [2.75, 3.05) is 18.4 Å². The lowest BCUT2D eigenvalue weighted by Crippen LogP contribution is -2.39. The summed E-state index contributed by atoms with van der Waals surface area (Å²) in [5.74, 6) is 0.262. The topological polar surface area (TPSA) is 66.5 Å². The van der Waals surface area contributed by atoms with Gasteiger partial charge in [0.2, 0.25) is 15.9 Å². The van der Waals surface area contributed by atoms with Crippen molar-refractivity contribution in [1.29, 1.82) is 0 Å². The molecule has 1 saturated heterocycles. The molecule has 1 N–H and O–H groups in total. The quantitative estimate of drug-likeness (QED) is 0.854. The lowest BCUT2D eigenvalue weighted by molar-refractivity contribution is -0.115. The number of hydrogen-bond acceptors (Lipinski definition) is 3. The third kappa shape index (κ3) is 4.76. The van der Waals surface area contributed by atoms with Crippen LogP contribution in [0.4, 0.5) is 5.69 Å². The molecule has 1 atom stereocenters. The Bertz CT molecular complexity index is 907. The van der Waals surface area contributed by atoms with Crippen molar-refractivity contribution in [2.24, 2.45) is 5.92 Å². The second kappa shape index (κ2) is 8.23. The highest BCUT2D eigenvalue weighted by atomic mass is 32.2. The largest absolute Gasteiger partial charge is 0.326 e. The highest BCUT2D eigenvalue weighted by molar-refractivity contribution is 7.89. The van der Waals surface area contributed by atoms with E-state index in [2.05, 4.69) is 12.2 Å². The molecule has 0 aromatic heterocycles. The number of carbonyl (C=O) groups excluding carboxylic acids is 1. The second-order valence-corrected chi connectivity index (χ2v) is 9.22. The summed E-state index contributed by atoms with van der Waals surface area (Å²) in [6.45, 7) is 5.19. The summed E-state index contributed by atoms with van der Waals surface area (Å²) in [5, 5.41) is 2.84. The number of sulfonamides is 1. The van der Waals surface area contributed by atoms with Gasteiger partial charge >= 0.3 is 0 Å². The van der Waals surface area contributed by atoms with Crippen LogP contribution in [-0.2, 0) is 21.2 Å². The number of amides is 1. The number of piperidine rings is 1. The highest BCUT2D eigenvalue weighted by Crippen LogP contribution is 2.24. The Hall–Kier alpha value is -2.18. The summed E-state index contributed by atoms with van der Waals surface area (Å²) in [6, 6.07) is 14.2. The van der Waals surface area contributed by atoms with Crippen LogP contribution < -0.4 is 5.32 Å². The Kier molecular flexibility index (Phi) is 5.97. The SMILES string of the molecule is Cc1ccccc1CC(=O)Nc1ccc(S(=O)(=O)N2CCCC(C)C2)cc1. The van der Waals surface area contributed by atoms with E-state index in [9.17, 15) is 13.2 Å². The van der Waals surface area contributed by atoms with Crippen molar-refractivity contribution in [2.45, 2.75) is 38.0 Å². The minimum atomic E-state index is -3.47. The minimum Gasteiger partial charge on any atom is -0.326 e. The molecule has 1 heterocycles. The second-order valence-electron chi connectivity index (χ2n) is 7.29. The Balaban J connectivity index is 1.66. The molecule has 1 unspecified atom stereocenters. The molecule has 1 fully saturated rings. The van der Waals surface area contributed by atoms with Crippen LogP contribution in [0.1, 0.15) is 30.9 Å². The maximum absolute atomic E-state index is 12.8. The molecule has 144 valence electrons. The lowest BCUT2D eigenvalue weighted by atomic mass is 10.0. The number of carbonyl (C=O) groups is 1. The normalized spacial score (nSPS) is 18.2. The Morgan fingerprint density at radius 3 is 2.52 bits per heavy atom. The molecule has 2 aromatic carbocycles. The lowest BCUT2D eigenvalue weighted by Gasteiger charge is -2.30. The van der Waals surface area contributed by atoms with Crippen LogP contribution in [0.5, 0.6) is 0 Å². The first-order valence-electron chi connectivity index (χ1n) is 9.31. The summed E-state index contributed by atoms with van der Waals surface area (Å²) in [5.41, 5.74) is 2.65. The molecule has 2 aromatic rings. The summed E-state index contributed by atoms with van der Waals surface area (Å²) in [4.78, 5) is 12.5. The fourth-order valence-electron chi connectivity index (χ4n) is 3.41. The van der Waals surface area contributed by atoms with E-state index in [1.165, 1.54) is 0 Å². The maximum Gasteiger partial charge on any atom is 0.243 e. The molecule has 1 aliphatic rings. The van der Waals surface area contributed by atoms with Crippen molar-refractivity contribution in [3.63, 3.8) is 0 Å². The predicted octanol–water partition coefficient (Wildman–Crippen LogP) is 3.60. The molecule has 0 saturated carbocycles. The van der Waals surface area contributed by atoms with E-state index in [-0.39, 0.29) is 10.8 Å². The first-order chi connectivity index (χ1) is 12.9. The van der Waals surface area contributed by atoms with Gasteiger partial charge in [0.1, 0.15) is 0 Å². The van der Waals surface area contributed by atoms with E-state index in [4.69, 9.17) is 0 Å². The molecular formula is C21H26N2O3S. The molecule has 1 amide bonds. The third-order valence-corrected chi connectivity index (χ3v) is 6.89. The molecule has 0 spiro atoms. The van der Waals surface area contributed by atoms with Gasteiger partial charge in [-0.1, -0.05) is 31.2 Å². The summed E-state index contributed by atoms with van der Waals surface area (Å²) in [6.07, 6.45) is 2.25. The number of aryl methyl sites for hydroxylation is 1. The first-order valence-corrected chi connectivity index (χ1v) is 10.7. The van der Waals surface area contributed by atoms with Crippen LogP contribution in [0.15, 0.2) is 53.4 Å². The number of hydrogen-bond donors (Lipinski definition) is 1. The molecule has 27 heavy (non-hydrogen) atoms. The van der Waals surface area contributed by atoms with Gasteiger partial charge in [0.25, 0.3) is 0 Å². The fourth-order valence-corrected chi connectivity index (χ4v) is 5.01. The van der Waals surface area contributed by atoms with Gasteiger partial charge in [-0.05, 0) is 61.1 Å². The smallest absolute Gasteiger partial charge is 0.243 e. The summed E-state index contributed by atoms with van der Waals surface area (Å²) in [7, 11) is -3.47. The standard InChI is InChI=1S/C21H26N2O3S/c1-16-6-5-13-23(15-16)27(25,26)20-11-9-19(10-12-20)22-21(24)14-18-8-4-3-7-17(18)2/h3-4,7-12,16H,5-6,13-15H2,1-2H3,(H,22,24). The zero-order valence-electron chi connectivity index (χ0n) is 15.8. The number of anilines is 1. The monoisotopic (exact) mass is 386 g/mol. The van der Waals surface area contributed by atoms with Gasteiger partial charge < -0.3 is 5.32 Å². The Morgan fingerprint density at radius 1 is 1.15 bits per heavy atom. The van der Waals surface area contributed by atoms with Crippen molar-refractivity contribution in [1.82, 2.24) is 4.31 Å². The number of rotatable bonds is 5. The zero-order valence-corrected chi connectivity index (χ0v) is 16.6. The third-order valence-electron chi connectivity index (χ3n) is 5.01. The van der Waals surface area contributed by atoms with Crippen LogP contribution in [0, 0.1) is 12.8 Å². The van der Waals surface area contributed by atoms with E-state index >= 15 is 0 Å². The summed E-state index contributed by atoms with van der Waals surface area (Å²) < 4.78 is 27.1. The highest BCUT2D eigenvalue weighted by Gasteiger charge is 2.28. The minimum absolute atomic E-state index is 0.121. The molecule has 6 heteroatoms. The van der Waals surface area contributed by atoms with Gasteiger partial charge in [-0.3, -0.25) is 4.79 Å². The molecule has 1 aliphatic heterocycles. The molecule has 0 bridgehead atoms. The van der Waals surface area contributed by atoms with Gasteiger partial charge in [0.15, 0.2) is 0 Å². The molecular weight excluding hydrogens is 360 g/mol. The maximum atomic E-state index is 12.8. The number of nitrogens with zero attached hydrogens (tertiary/aromatic N) is 1. The zero-order chi connectivity index (χ0) is 19.4. The Labute approximate surface area is 161 Å².